The summed E-state index contributed by atoms with van der Waals surface area (Å²) in [6, 6.07) is 17.9. The molecule has 0 aliphatic carbocycles. The molecule has 164 valence electrons. The van der Waals surface area contributed by atoms with Crippen LogP contribution in [0.1, 0.15) is 33.2 Å². The molecule has 6 nitrogen and oxygen atoms in total. The smallest absolute Gasteiger partial charge is 0.276 e. The summed E-state index contributed by atoms with van der Waals surface area (Å²) in [5, 5.41) is 5.60. The summed E-state index contributed by atoms with van der Waals surface area (Å²) in [7, 11) is 0. The van der Waals surface area contributed by atoms with Gasteiger partial charge in [0.1, 0.15) is 11.9 Å². The fourth-order valence-electron chi connectivity index (χ4n) is 3.46. The number of hydrogen-bond acceptors (Lipinski definition) is 4. The number of hydrogen-bond donors (Lipinski definition) is 2. The molecule has 1 aliphatic heterocycles. The second-order valence-corrected chi connectivity index (χ2v) is 8.43. The normalized spacial score (nSPS) is 15.1. The molecule has 1 atom stereocenters. The van der Waals surface area contributed by atoms with E-state index in [1.165, 1.54) is 5.01 Å². The van der Waals surface area contributed by atoms with Gasteiger partial charge in [-0.1, -0.05) is 53.0 Å². The number of anilines is 1. The van der Waals surface area contributed by atoms with Gasteiger partial charge < -0.3 is 10.1 Å². The van der Waals surface area contributed by atoms with Crippen molar-refractivity contribution in [2.75, 3.05) is 11.9 Å². The minimum Gasteiger partial charge on any atom is -0.483 e. The lowest BCUT2D eigenvalue weighted by molar-refractivity contribution is -0.127. The van der Waals surface area contributed by atoms with Crippen LogP contribution in [0, 0.1) is 13.8 Å². The van der Waals surface area contributed by atoms with Gasteiger partial charge in [0.2, 0.25) is 0 Å². The average Bonchev–Trinajstić information content (AvgIpc) is 2.76. The Labute approximate surface area is 196 Å². The van der Waals surface area contributed by atoms with E-state index < -0.39 is 12.1 Å². The Morgan fingerprint density at radius 3 is 2.44 bits per heavy atom. The minimum atomic E-state index is -0.599. The lowest BCUT2D eigenvalue weighted by atomic mass is 10.0. The molecule has 0 fully saturated rings. The number of ether oxygens (including phenoxy) is 1. The van der Waals surface area contributed by atoms with Crippen molar-refractivity contribution in [1.82, 2.24) is 10.4 Å². The second kappa shape index (κ2) is 9.10. The van der Waals surface area contributed by atoms with Gasteiger partial charge in [-0.3, -0.25) is 15.0 Å². The first kappa shape index (κ1) is 22.0. The summed E-state index contributed by atoms with van der Waals surface area (Å²) in [5.41, 5.74) is 6.41. The Morgan fingerprint density at radius 1 is 1.03 bits per heavy atom. The third-order valence-electron chi connectivity index (χ3n) is 5.12. The summed E-state index contributed by atoms with van der Waals surface area (Å²) < 4.78 is 5.63. The maximum absolute atomic E-state index is 13.3. The Hall–Kier alpha value is -3.22. The first-order chi connectivity index (χ1) is 15.3. The van der Waals surface area contributed by atoms with Crippen molar-refractivity contribution in [3.63, 3.8) is 0 Å². The maximum atomic E-state index is 13.3. The maximum Gasteiger partial charge on any atom is 0.276 e. The number of aryl methyl sites for hydroxylation is 2. The molecule has 3 aromatic rings. The van der Waals surface area contributed by atoms with Crippen LogP contribution in [0.3, 0.4) is 0 Å². The highest BCUT2D eigenvalue weighted by atomic mass is 35.5. The van der Waals surface area contributed by atoms with E-state index in [1.807, 2.05) is 38.1 Å². The molecule has 0 aromatic heterocycles. The SMILES string of the molecule is Cc1ccc(C2Nc3ccc(Cl)cc3C(=O)N2NC(=O)COc2ccc(Cl)cc2C)cc1. The highest BCUT2D eigenvalue weighted by Gasteiger charge is 2.34. The molecule has 0 saturated heterocycles. The van der Waals surface area contributed by atoms with Crippen LogP contribution in [0.15, 0.2) is 60.7 Å². The van der Waals surface area contributed by atoms with Gasteiger partial charge in [0.15, 0.2) is 6.61 Å². The molecular weight excluding hydrogens is 449 g/mol. The molecule has 0 radical (unpaired) electrons. The van der Waals surface area contributed by atoms with E-state index in [0.29, 0.717) is 27.0 Å². The fraction of sp³-hybridized carbons (Fsp3) is 0.167. The zero-order chi connectivity index (χ0) is 22.8. The lowest BCUT2D eigenvalue weighted by Crippen LogP contribution is -2.53. The van der Waals surface area contributed by atoms with Crippen LogP contribution in [0.5, 0.6) is 5.75 Å². The molecule has 2 amide bonds. The number of hydrazine groups is 1. The first-order valence-electron chi connectivity index (χ1n) is 9.96. The van der Waals surface area contributed by atoms with Crippen molar-refractivity contribution >= 4 is 40.7 Å². The Bertz CT molecular complexity index is 1180. The number of carbonyl (C=O) groups is 2. The summed E-state index contributed by atoms with van der Waals surface area (Å²) >= 11 is 12.1. The molecule has 2 N–H and O–H groups in total. The van der Waals surface area contributed by atoms with Crippen molar-refractivity contribution in [3.8, 4) is 5.75 Å². The predicted octanol–water partition coefficient (Wildman–Crippen LogP) is 5.29. The molecule has 1 aliphatic rings. The van der Waals surface area contributed by atoms with E-state index in [9.17, 15) is 9.59 Å². The molecule has 32 heavy (non-hydrogen) atoms. The monoisotopic (exact) mass is 469 g/mol. The van der Waals surface area contributed by atoms with E-state index in [1.54, 1.807) is 36.4 Å². The van der Waals surface area contributed by atoms with Crippen LogP contribution in [0.25, 0.3) is 0 Å². The number of amides is 2. The number of benzene rings is 3. The number of fused-ring (bicyclic) bond motifs is 1. The fourth-order valence-corrected chi connectivity index (χ4v) is 3.86. The summed E-state index contributed by atoms with van der Waals surface area (Å²) in [6.45, 7) is 3.55. The number of nitrogens with zero attached hydrogens (tertiary/aromatic N) is 1. The summed E-state index contributed by atoms with van der Waals surface area (Å²) in [5.74, 6) is -0.306. The first-order valence-corrected chi connectivity index (χ1v) is 10.7. The third-order valence-corrected chi connectivity index (χ3v) is 5.59. The van der Waals surface area contributed by atoms with E-state index in [2.05, 4.69) is 10.7 Å². The van der Waals surface area contributed by atoms with Crippen LogP contribution < -0.4 is 15.5 Å². The van der Waals surface area contributed by atoms with E-state index in [4.69, 9.17) is 27.9 Å². The standard InChI is InChI=1S/C24H21Cl2N3O3/c1-14-3-5-16(6-4-14)23-27-20-9-7-18(26)12-19(20)24(31)29(23)28-22(30)13-32-21-10-8-17(25)11-15(21)2/h3-12,23,27H,13H2,1-2H3,(H,28,30). The van der Waals surface area contributed by atoms with Gasteiger partial charge in [-0.25, -0.2) is 5.01 Å². The van der Waals surface area contributed by atoms with Crippen molar-refractivity contribution in [3.05, 3.63) is 93.0 Å². The summed E-state index contributed by atoms with van der Waals surface area (Å²) in [4.78, 5) is 26.0. The predicted molar refractivity (Wildman–Crippen MR) is 125 cm³/mol. The van der Waals surface area contributed by atoms with Gasteiger partial charge in [-0.2, -0.15) is 0 Å². The van der Waals surface area contributed by atoms with E-state index >= 15 is 0 Å². The second-order valence-electron chi connectivity index (χ2n) is 7.56. The Morgan fingerprint density at radius 2 is 1.72 bits per heavy atom. The van der Waals surface area contributed by atoms with E-state index in [-0.39, 0.29) is 12.5 Å². The van der Waals surface area contributed by atoms with Crippen molar-refractivity contribution in [1.29, 1.82) is 0 Å². The zero-order valence-corrected chi connectivity index (χ0v) is 19.0. The van der Waals surface area contributed by atoms with Gasteiger partial charge in [-0.15, -0.1) is 0 Å². The number of carbonyl (C=O) groups excluding carboxylic acids is 2. The molecule has 4 rings (SSSR count). The van der Waals surface area contributed by atoms with Gasteiger partial charge in [0.25, 0.3) is 11.8 Å². The number of nitrogens with one attached hydrogen (secondary N) is 2. The van der Waals surface area contributed by atoms with Crippen LogP contribution in [-0.4, -0.2) is 23.4 Å². The molecule has 1 unspecified atom stereocenters. The average molecular weight is 470 g/mol. The third kappa shape index (κ3) is 4.66. The van der Waals surface area contributed by atoms with Gasteiger partial charge in [-0.05, 0) is 61.4 Å². The summed E-state index contributed by atoms with van der Waals surface area (Å²) in [6.07, 6.45) is -0.599. The topological polar surface area (TPSA) is 70.7 Å². The highest BCUT2D eigenvalue weighted by molar-refractivity contribution is 6.31. The molecule has 0 bridgehead atoms. The molecular formula is C24H21Cl2N3O3. The molecule has 1 heterocycles. The Balaban J connectivity index is 1.57. The van der Waals surface area contributed by atoms with E-state index in [0.717, 1.165) is 16.7 Å². The number of rotatable bonds is 5. The van der Waals surface area contributed by atoms with Crippen molar-refractivity contribution < 1.29 is 14.3 Å². The quantitative estimate of drug-likeness (QED) is 0.532. The van der Waals surface area contributed by atoms with Crippen LogP contribution >= 0.6 is 23.2 Å². The number of halogens is 2. The molecule has 8 heteroatoms. The highest BCUT2D eigenvalue weighted by Crippen LogP contribution is 2.33. The van der Waals surface area contributed by atoms with Gasteiger partial charge in [0, 0.05) is 15.7 Å². The Kier molecular flexibility index (Phi) is 6.26. The van der Waals surface area contributed by atoms with Crippen LogP contribution in [0.4, 0.5) is 5.69 Å². The largest absolute Gasteiger partial charge is 0.483 e. The van der Waals surface area contributed by atoms with Gasteiger partial charge >= 0.3 is 0 Å². The molecule has 0 saturated carbocycles. The minimum absolute atomic E-state index is 0.269. The van der Waals surface area contributed by atoms with Crippen molar-refractivity contribution in [2.24, 2.45) is 0 Å². The molecule has 3 aromatic carbocycles. The van der Waals surface area contributed by atoms with Crippen molar-refractivity contribution in [2.45, 2.75) is 20.0 Å². The van der Waals surface area contributed by atoms with Crippen LogP contribution in [-0.2, 0) is 4.79 Å². The molecule has 0 spiro atoms. The zero-order valence-electron chi connectivity index (χ0n) is 17.5. The van der Waals surface area contributed by atoms with Gasteiger partial charge in [0.05, 0.1) is 5.56 Å². The van der Waals surface area contributed by atoms with Crippen LogP contribution in [0.2, 0.25) is 10.0 Å². The lowest BCUT2D eigenvalue weighted by Gasteiger charge is -2.37.